The number of carbonyl (C=O) groups excluding carboxylic acids is 1. The molecule has 1 aromatic rings. The molecule has 2 heterocycles. The molecule has 7 heteroatoms. The molecule has 0 bridgehead atoms. The maximum Gasteiger partial charge on any atom is 0.247 e. The summed E-state index contributed by atoms with van der Waals surface area (Å²) in [4.78, 5) is 14.3. The maximum absolute atomic E-state index is 12.1. The molecule has 0 spiro atoms. The van der Waals surface area contributed by atoms with Crippen LogP contribution in [0.25, 0.3) is 0 Å². The van der Waals surface area contributed by atoms with E-state index in [4.69, 9.17) is 0 Å². The normalized spacial score (nSPS) is 21.9. The van der Waals surface area contributed by atoms with E-state index in [1.807, 2.05) is 0 Å². The number of hydrogen-bond donors (Lipinski definition) is 2. The van der Waals surface area contributed by atoms with Crippen LogP contribution >= 0.6 is 0 Å². The third-order valence-electron chi connectivity index (χ3n) is 3.92. The lowest BCUT2D eigenvalue weighted by atomic mass is 9.97. The molecule has 1 unspecified atom stereocenters. The highest BCUT2D eigenvalue weighted by molar-refractivity contribution is 7.89. The zero-order valence-corrected chi connectivity index (χ0v) is 12.0. The first kappa shape index (κ1) is 13.4. The average Bonchev–Trinajstić information content (AvgIpc) is 2.47. The lowest BCUT2D eigenvalue weighted by molar-refractivity contribution is -0.118. The molecular weight excluding hydrogens is 278 g/mol. The number of hydrogen-bond acceptors (Lipinski definition) is 4. The first-order valence-corrected chi connectivity index (χ1v) is 8.16. The van der Waals surface area contributed by atoms with Crippen molar-refractivity contribution in [3.8, 4) is 0 Å². The van der Waals surface area contributed by atoms with Gasteiger partial charge in [-0.1, -0.05) is 0 Å². The third kappa shape index (κ3) is 2.06. The minimum absolute atomic E-state index is 0.0452. The van der Waals surface area contributed by atoms with Gasteiger partial charge in [-0.25, -0.2) is 13.1 Å². The van der Waals surface area contributed by atoms with Crippen LogP contribution in [0, 0.1) is 0 Å². The molecule has 2 aliphatic heterocycles. The van der Waals surface area contributed by atoms with E-state index in [2.05, 4.69) is 14.9 Å². The molecule has 0 aliphatic carbocycles. The molecule has 1 amide bonds. The van der Waals surface area contributed by atoms with Crippen molar-refractivity contribution in [1.29, 1.82) is 0 Å². The van der Waals surface area contributed by atoms with E-state index in [1.165, 1.54) is 13.1 Å². The fraction of sp³-hybridized carbons (Fsp3) is 0.462. The molecule has 0 aromatic heterocycles. The number of fused-ring (bicyclic) bond motifs is 3. The first-order chi connectivity index (χ1) is 9.53. The van der Waals surface area contributed by atoms with Gasteiger partial charge >= 0.3 is 0 Å². The number of sulfonamides is 1. The van der Waals surface area contributed by atoms with E-state index < -0.39 is 10.0 Å². The highest BCUT2D eigenvalue weighted by atomic mass is 32.2. The molecule has 1 atom stereocenters. The van der Waals surface area contributed by atoms with Gasteiger partial charge in [-0.3, -0.25) is 4.79 Å². The second kappa shape index (κ2) is 4.75. The molecule has 2 N–H and O–H groups in total. The van der Waals surface area contributed by atoms with Crippen molar-refractivity contribution in [1.82, 2.24) is 4.72 Å². The fourth-order valence-corrected chi connectivity index (χ4v) is 3.62. The van der Waals surface area contributed by atoms with Crippen LogP contribution in [0.5, 0.6) is 0 Å². The van der Waals surface area contributed by atoms with Crippen molar-refractivity contribution in [3.63, 3.8) is 0 Å². The average molecular weight is 295 g/mol. The van der Waals surface area contributed by atoms with Gasteiger partial charge in [0.2, 0.25) is 15.9 Å². The van der Waals surface area contributed by atoms with Crippen LogP contribution in [-0.2, 0) is 14.8 Å². The molecule has 1 fully saturated rings. The Morgan fingerprint density at radius 1 is 1.35 bits per heavy atom. The SMILES string of the molecule is CNS(=O)(=O)c1ccc2c(c1)NC(=O)C1CCCCN21. The summed E-state index contributed by atoms with van der Waals surface area (Å²) in [6.45, 7) is 0.837. The molecule has 6 nitrogen and oxygen atoms in total. The van der Waals surface area contributed by atoms with Gasteiger partial charge in [0.1, 0.15) is 6.04 Å². The number of carbonyl (C=O) groups is 1. The Hall–Kier alpha value is -1.60. The van der Waals surface area contributed by atoms with Gasteiger partial charge in [-0.2, -0.15) is 0 Å². The summed E-state index contributed by atoms with van der Waals surface area (Å²) >= 11 is 0. The van der Waals surface area contributed by atoms with Crippen molar-refractivity contribution < 1.29 is 13.2 Å². The summed E-state index contributed by atoms with van der Waals surface area (Å²) in [5, 5.41) is 2.82. The van der Waals surface area contributed by atoms with Crippen molar-refractivity contribution >= 4 is 27.3 Å². The molecule has 0 saturated carbocycles. The van der Waals surface area contributed by atoms with Gasteiger partial charge in [0.25, 0.3) is 0 Å². The minimum atomic E-state index is -3.50. The summed E-state index contributed by atoms with van der Waals surface area (Å²) in [7, 11) is -2.13. The van der Waals surface area contributed by atoms with Crippen LogP contribution in [-0.4, -0.2) is 34.0 Å². The zero-order valence-electron chi connectivity index (χ0n) is 11.2. The summed E-state index contributed by atoms with van der Waals surface area (Å²) in [5.41, 5.74) is 1.48. The number of nitrogens with one attached hydrogen (secondary N) is 2. The number of benzene rings is 1. The predicted octanol–water partition coefficient (Wildman–Crippen LogP) is 0.906. The minimum Gasteiger partial charge on any atom is -0.358 e. The molecule has 2 aliphatic rings. The van der Waals surface area contributed by atoms with Crippen LogP contribution in [0.15, 0.2) is 23.1 Å². The predicted molar refractivity (Wildman–Crippen MR) is 76.3 cm³/mol. The second-order valence-electron chi connectivity index (χ2n) is 5.08. The van der Waals surface area contributed by atoms with Gasteiger partial charge < -0.3 is 10.2 Å². The van der Waals surface area contributed by atoms with Gasteiger partial charge in [0.05, 0.1) is 16.3 Å². The number of amides is 1. The van der Waals surface area contributed by atoms with Crippen LogP contribution in [0.2, 0.25) is 0 Å². The number of nitrogens with zero attached hydrogens (tertiary/aromatic N) is 1. The summed E-state index contributed by atoms with van der Waals surface area (Å²) in [5.74, 6) is -0.0452. The zero-order chi connectivity index (χ0) is 14.3. The largest absolute Gasteiger partial charge is 0.358 e. The highest BCUT2D eigenvalue weighted by Gasteiger charge is 2.34. The maximum atomic E-state index is 12.1. The van der Waals surface area contributed by atoms with E-state index in [1.54, 1.807) is 12.1 Å². The van der Waals surface area contributed by atoms with E-state index in [-0.39, 0.29) is 16.8 Å². The third-order valence-corrected chi connectivity index (χ3v) is 5.33. The summed E-state index contributed by atoms with van der Waals surface area (Å²) in [6, 6.07) is 4.75. The van der Waals surface area contributed by atoms with Gasteiger partial charge in [0.15, 0.2) is 0 Å². The molecule has 1 aromatic carbocycles. The van der Waals surface area contributed by atoms with Gasteiger partial charge in [-0.05, 0) is 44.5 Å². The molecule has 108 valence electrons. The number of piperidine rings is 1. The Morgan fingerprint density at radius 3 is 2.90 bits per heavy atom. The molecule has 1 saturated heterocycles. The standard InChI is InChI=1S/C13H17N3O3S/c1-14-20(18,19)9-5-6-11-10(8-9)15-13(17)12-4-2-3-7-16(11)12/h5-6,8,12,14H,2-4,7H2,1H3,(H,15,17). The Morgan fingerprint density at radius 2 is 2.15 bits per heavy atom. The molecular formula is C13H17N3O3S. The van der Waals surface area contributed by atoms with Crippen molar-refractivity contribution in [3.05, 3.63) is 18.2 Å². The number of rotatable bonds is 2. The van der Waals surface area contributed by atoms with Gasteiger partial charge in [0, 0.05) is 6.54 Å². The second-order valence-corrected chi connectivity index (χ2v) is 6.97. The van der Waals surface area contributed by atoms with E-state index in [9.17, 15) is 13.2 Å². The summed E-state index contributed by atoms with van der Waals surface area (Å²) in [6.07, 6.45) is 2.96. The number of anilines is 2. The molecule has 3 rings (SSSR count). The Bertz CT molecular complexity index is 657. The summed E-state index contributed by atoms with van der Waals surface area (Å²) < 4.78 is 25.9. The van der Waals surface area contributed by atoms with Crippen molar-refractivity contribution in [2.24, 2.45) is 0 Å². The Balaban J connectivity index is 2.05. The molecule has 0 radical (unpaired) electrons. The monoisotopic (exact) mass is 295 g/mol. The van der Waals surface area contributed by atoms with Crippen LogP contribution in [0.4, 0.5) is 11.4 Å². The van der Waals surface area contributed by atoms with Crippen molar-refractivity contribution in [2.75, 3.05) is 23.8 Å². The van der Waals surface area contributed by atoms with E-state index in [0.717, 1.165) is 31.5 Å². The quantitative estimate of drug-likeness (QED) is 0.850. The van der Waals surface area contributed by atoms with E-state index in [0.29, 0.717) is 5.69 Å². The van der Waals surface area contributed by atoms with Crippen LogP contribution in [0.1, 0.15) is 19.3 Å². The lowest BCUT2D eigenvalue weighted by Gasteiger charge is -2.41. The lowest BCUT2D eigenvalue weighted by Crippen LogP contribution is -2.50. The highest BCUT2D eigenvalue weighted by Crippen LogP contribution is 2.37. The Labute approximate surface area is 118 Å². The molecule has 20 heavy (non-hydrogen) atoms. The van der Waals surface area contributed by atoms with Crippen LogP contribution in [0.3, 0.4) is 0 Å². The smallest absolute Gasteiger partial charge is 0.247 e. The van der Waals surface area contributed by atoms with Crippen LogP contribution < -0.4 is 14.9 Å². The fourth-order valence-electron chi connectivity index (χ4n) is 2.86. The van der Waals surface area contributed by atoms with E-state index >= 15 is 0 Å². The topological polar surface area (TPSA) is 78.5 Å². The first-order valence-electron chi connectivity index (χ1n) is 6.68. The van der Waals surface area contributed by atoms with Gasteiger partial charge in [-0.15, -0.1) is 0 Å². The van der Waals surface area contributed by atoms with Crippen molar-refractivity contribution in [2.45, 2.75) is 30.2 Å². The Kier molecular flexibility index (Phi) is 3.18.